The Morgan fingerprint density at radius 2 is 2.55 bits per heavy atom. The van der Waals surface area contributed by atoms with Gasteiger partial charge in [-0.3, -0.25) is 5.73 Å². The summed E-state index contributed by atoms with van der Waals surface area (Å²) >= 11 is 0. The SMILES string of the molecule is CC1=N[N+](CCC#N)=C(N)C1. The van der Waals surface area contributed by atoms with Gasteiger partial charge in [-0.05, 0) is 6.92 Å². The van der Waals surface area contributed by atoms with Gasteiger partial charge in [0, 0.05) is 0 Å². The Morgan fingerprint density at radius 1 is 1.82 bits per heavy atom. The first kappa shape index (κ1) is 7.73. The molecule has 0 saturated heterocycles. The molecule has 1 aliphatic heterocycles. The lowest BCUT2D eigenvalue weighted by Crippen LogP contribution is -2.21. The summed E-state index contributed by atoms with van der Waals surface area (Å²) in [5.74, 6) is 0.748. The highest BCUT2D eigenvalue weighted by Gasteiger charge is 2.16. The third-order valence-corrected chi connectivity index (χ3v) is 1.50. The van der Waals surface area contributed by atoms with Gasteiger partial charge in [-0.15, -0.1) is 4.68 Å². The van der Waals surface area contributed by atoms with Gasteiger partial charge in [0.05, 0.1) is 24.6 Å². The lowest BCUT2D eigenvalue weighted by atomic mass is 10.3. The molecule has 11 heavy (non-hydrogen) atoms. The van der Waals surface area contributed by atoms with E-state index in [1.54, 1.807) is 4.68 Å². The third-order valence-electron chi connectivity index (χ3n) is 1.50. The normalized spacial score (nSPS) is 16.5. The first-order valence-corrected chi connectivity index (χ1v) is 3.54. The van der Waals surface area contributed by atoms with Crippen molar-refractivity contribution in [1.29, 1.82) is 5.26 Å². The van der Waals surface area contributed by atoms with E-state index in [1.807, 2.05) is 6.92 Å². The molecule has 0 aromatic rings. The number of nitriles is 1. The molecule has 0 amide bonds. The van der Waals surface area contributed by atoms with Crippen LogP contribution in [0.3, 0.4) is 0 Å². The quantitative estimate of drug-likeness (QED) is 0.567. The van der Waals surface area contributed by atoms with E-state index in [4.69, 9.17) is 11.0 Å². The lowest BCUT2D eigenvalue weighted by molar-refractivity contribution is -0.530. The molecule has 0 spiro atoms. The van der Waals surface area contributed by atoms with Gasteiger partial charge in [-0.2, -0.15) is 5.26 Å². The summed E-state index contributed by atoms with van der Waals surface area (Å²) in [5, 5.41) is 12.4. The van der Waals surface area contributed by atoms with E-state index in [2.05, 4.69) is 11.2 Å². The van der Waals surface area contributed by atoms with E-state index in [1.165, 1.54) is 0 Å². The Kier molecular flexibility index (Phi) is 2.21. The maximum absolute atomic E-state index is 8.30. The van der Waals surface area contributed by atoms with Crippen molar-refractivity contribution in [2.24, 2.45) is 10.8 Å². The number of hydrogen-bond acceptors (Lipinski definition) is 3. The van der Waals surface area contributed by atoms with E-state index in [0.717, 1.165) is 18.0 Å². The Morgan fingerprint density at radius 3 is 3.00 bits per heavy atom. The maximum Gasteiger partial charge on any atom is 0.273 e. The summed E-state index contributed by atoms with van der Waals surface area (Å²) in [6.45, 7) is 2.54. The molecule has 0 aliphatic carbocycles. The van der Waals surface area contributed by atoms with Crippen LogP contribution in [0.1, 0.15) is 19.8 Å². The van der Waals surface area contributed by atoms with Crippen molar-refractivity contribution in [3.63, 3.8) is 0 Å². The first-order chi connectivity index (χ1) is 5.24. The molecule has 0 atom stereocenters. The fourth-order valence-corrected chi connectivity index (χ4v) is 1.01. The molecule has 0 aromatic carbocycles. The van der Waals surface area contributed by atoms with Crippen LogP contribution in [-0.4, -0.2) is 22.8 Å². The Bertz CT molecular complexity index is 256. The number of nitrogens with two attached hydrogens (primary N) is 1. The first-order valence-electron chi connectivity index (χ1n) is 3.54. The highest BCUT2D eigenvalue weighted by Crippen LogP contribution is 1.98. The van der Waals surface area contributed by atoms with E-state index in [0.29, 0.717) is 13.0 Å². The molecule has 58 valence electrons. The third kappa shape index (κ3) is 1.77. The predicted molar refractivity (Wildman–Crippen MR) is 42.3 cm³/mol. The monoisotopic (exact) mass is 151 g/mol. The number of hydrogen-bond donors (Lipinski definition) is 1. The summed E-state index contributed by atoms with van der Waals surface area (Å²) in [6.07, 6.45) is 1.21. The van der Waals surface area contributed by atoms with Gasteiger partial charge in [0.25, 0.3) is 5.84 Å². The van der Waals surface area contributed by atoms with Crippen LogP contribution in [0.25, 0.3) is 0 Å². The van der Waals surface area contributed by atoms with E-state index < -0.39 is 0 Å². The molecule has 0 radical (unpaired) electrons. The van der Waals surface area contributed by atoms with Gasteiger partial charge in [0.1, 0.15) is 6.54 Å². The lowest BCUT2D eigenvalue weighted by Gasteiger charge is -1.91. The van der Waals surface area contributed by atoms with Crippen molar-refractivity contribution in [1.82, 2.24) is 0 Å². The molecule has 1 aliphatic rings. The van der Waals surface area contributed by atoms with Gasteiger partial charge in [-0.1, -0.05) is 5.10 Å². The highest BCUT2D eigenvalue weighted by molar-refractivity contribution is 6.01. The molecular formula is C7H11N4+. The molecule has 1 heterocycles. The minimum atomic E-state index is 0.470. The van der Waals surface area contributed by atoms with E-state index in [9.17, 15) is 0 Å². The van der Waals surface area contributed by atoms with Crippen molar-refractivity contribution >= 4 is 11.5 Å². The van der Waals surface area contributed by atoms with Gasteiger partial charge in [0.15, 0.2) is 0 Å². The zero-order chi connectivity index (χ0) is 8.27. The van der Waals surface area contributed by atoms with Crippen molar-refractivity contribution in [3.8, 4) is 6.07 Å². The molecule has 1 rings (SSSR count). The second-order valence-electron chi connectivity index (χ2n) is 2.53. The predicted octanol–water partition coefficient (Wildman–Crippen LogP) is 0.0494. The number of hydrazone groups is 1. The van der Waals surface area contributed by atoms with Gasteiger partial charge < -0.3 is 0 Å². The summed E-state index contributed by atoms with van der Waals surface area (Å²) in [4.78, 5) is 0. The fraction of sp³-hybridized carbons (Fsp3) is 0.571. The Balaban J connectivity index is 2.57. The highest BCUT2D eigenvalue weighted by atomic mass is 15.4. The number of amidine groups is 1. The maximum atomic E-state index is 8.30. The van der Waals surface area contributed by atoms with Crippen molar-refractivity contribution < 1.29 is 4.68 Å². The molecule has 0 fully saturated rings. The molecule has 0 unspecified atom stereocenters. The Labute approximate surface area is 65.6 Å². The standard InChI is InChI=1S/C7H10N4/c1-6-5-7(9)11(10-6)4-2-3-8/h9H,2,4-5H2,1H3/p+1. The smallest absolute Gasteiger partial charge is 0.273 e. The number of rotatable bonds is 2. The second kappa shape index (κ2) is 3.15. The molecule has 2 N–H and O–H groups in total. The van der Waals surface area contributed by atoms with Gasteiger partial charge in [-0.25, -0.2) is 0 Å². The second-order valence-corrected chi connectivity index (χ2v) is 2.53. The zero-order valence-corrected chi connectivity index (χ0v) is 6.54. The van der Waals surface area contributed by atoms with Crippen LogP contribution in [0.4, 0.5) is 0 Å². The summed E-state index contributed by atoms with van der Waals surface area (Å²) in [7, 11) is 0. The Hall–Kier alpha value is -1.37. The van der Waals surface area contributed by atoms with Crippen LogP contribution in [0.5, 0.6) is 0 Å². The van der Waals surface area contributed by atoms with Crippen molar-refractivity contribution in [2.75, 3.05) is 6.54 Å². The van der Waals surface area contributed by atoms with Gasteiger partial charge >= 0.3 is 0 Å². The van der Waals surface area contributed by atoms with Crippen LogP contribution in [-0.2, 0) is 0 Å². The molecule has 4 heteroatoms. The molecule has 0 saturated carbocycles. The molecule has 4 nitrogen and oxygen atoms in total. The van der Waals surface area contributed by atoms with Crippen LogP contribution < -0.4 is 5.73 Å². The number of nitrogens with zero attached hydrogens (tertiary/aromatic N) is 3. The summed E-state index contributed by atoms with van der Waals surface area (Å²) in [6, 6.07) is 2.05. The van der Waals surface area contributed by atoms with Gasteiger partial charge in [0.2, 0.25) is 0 Å². The van der Waals surface area contributed by atoms with E-state index in [-0.39, 0.29) is 0 Å². The zero-order valence-electron chi connectivity index (χ0n) is 6.54. The summed E-state index contributed by atoms with van der Waals surface area (Å²) < 4.78 is 1.69. The largest absolute Gasteiger partial charge is 0.289 e. The van der Waals surface area contributed by atoms with Crippen molar-refractivity contribution in [3.05, 3.63) is 0 Å². The van der Waals surface area contributed by atoms with Crippen molar-refractivity contribution in [2.45, 2.75) is 19.8 Å². The van der Waals surface area contributed by atoms with Crippen LogP contribution in [0.2, 0.25) is 0 Å². The van der Waals surface area contributed by atoms with Crippen LogP contribution >= 0.6 is 0 Å². The fourth-order valence-electron chi connectivity index (χ4n) is 1.01. The average molecular weight is 151 g/mol. The average Bonchev–Trinajstić information content (AvgIpc) is 2.26. The van der Waals surface area contributed by atoms with Crippen LogP contribution in [0.15, 0.2) is 5.10 Å². The molecule has 0 bridgehead atoms. The summed E-state index contributed by atoms with van der Waals surface area (Å²) in [5.41, 5.74) is 6.64. The van der Waals surface area contributed by atoms with E-state index >= 15 is 0 Å². The topological polar surface area (TPSA) is 65.2 Å². The molecular weight excluding hydrogens is 140 g/mol. The minimum Gasteiger partial charge on any atom is -0.289 e. The minimum absolute atomic E-state index is 0.470. The molecule has 0 aromatic heterocycles. The van der Waals surface area contributed by atoms with Crippen LogP contribution in [0, 0.1) is 11.3 Å².